The van der Waals surface area contributed by atoms with E-state index < -0.39 is 18.1 Å². The van der Waals surface area contributed by atoms with Crippen LogP contribution >= 0.6 is 11.3 Å². The first kappa shape index (κ1) is 49.7. The number of morpholine rings is 1. The summed E-state index contributed by atoms with van der Waals surface area (Å²) in [5.74, 6) is -0.448. The van der Waals surface area contributed by atoms with Crippen molar-refractivity contribution >= 4 is 34.7 Å². The zero-order valence-corrected chi connectivity index (χ0v) is 40.6. The molecule has 18 nitrogen and oxygen atoms in total. The highest BCUT2D eigenvalue weighted by atomic mass is 32.1. The second-order valence-corrected chi connectivity index (χ2v) is 19.3. The number of β-amino-alcohol motifs (C(OH)–C–C–N with tert-alkyl or cyclic N) is 1. The van der Waals surface area contributed by atoms with Crippen LogP contribution in [0.5, 0.6) is 11.6 Å². The standard InChI is InChI=1S/C50H65N9O9S/c1-33(2)45(49(63)59-30-37(60)26-41(59)48(62)52-29-35-10-12-36(13-11-35)46-34(3)53-32-69-46)43-28-44(56-68-43)66-25-24-65-23-22-64-20-7-6-16-57-19-21-67-50(31-57)14-17-58(18-15-50)40-27-39(54-55-47(40)51)38-8-4-5-9-42(38)61/h4-5,8-13,27-28,32-33,37,41,45,60-61H,6-7,14-26,29-31H2,1-3H3,(H2,51,55)(H,52,62)/t37-,41?,45-/m1/s1. The average Bonchev–Trinajstić information content (AvgIpc) is 4.11. The number of benzene rings is 2. The fourth-order valence-electron chi connectivity index (χ4n) is 9.47. The number of likely N-dealkylation sites (tertiary alicyclic amines) is 1. The third-order valence-corrected chi connectivity index (χ3v) is 14.2. The monoisotopic (exact) mass is 967 g/mol. The number of nitrogens with two attached hydrogens (primary N) is 1. The lowest BCUT2D eigenvalue weighted by Gasteiger charge is -2.48. The van der Waals surface area contributed by atoms with Gasteiger partial charge in [-0.25, -0.2) is 4.98 Å². The molecule has 3 saturated heterocycles. The van der Waals surface area contributed by atoms with Crippen LogP contribution < -0.4 is 20.7 Å². The molecule has 0 saturated carbocycles. The Hall–Kier alpha value is -5.70. The molecule has 8 rings (SSSR count). The van der Waals surface area contributed by atoms with Gasteiger partial charge < -0.3 is 54.5 Å². The predicted octanol–water partition coefficient (Wildman–Crippen LogP) is 5.43. The fraction of sp³-hybridized carbons (Fsp3) is 0.520. The van der Waals surface area contributed by atoms with Crippen LogP contribution in [0.25, 0.3) is 21.7 Å². The molecule has 370 valence electrons. The number of phenols is 1. The molecule has 5 N–H and O–H groups in total. The molecule has 6 heterocycles. The molecule has 0 bridgehead atoms. The van der Waals surface area contributed by atoms with Gasteiger partial charge in [0.05, 0.1) is 65.6 Å². The van der Waals surface area contributed by atoms with E-state index in [-0.39, 0.29) is 54.5 Å². The number of carbonyl (C=O) groups excluding carboxylic acids is 2. The van der Waals surface area contributed by atoms with Crippen molar-refractivity contribution in [2.45, 2.75) is 83.1 Å². The van der Waals surface area contributed by atoms with Gasteiger partial charge in [-0.15, -0.1) is 21.5 Å². The number of phenolic OH excluding ortho intramolecular Hbond substituents is 1. The maximum absolute atomic E-state index is 14.0. The molecule has 1 spiro atoms. The van der Waals surface area contributed by atoms with E-state index in [4.69, 9.17) is 29.2 Å². The lowest BCUT2D eigenvalue weighted by Crippen LogP contribution is -2.57. The van der Waals surface area contributed by atoms with Gasteiger partial charge in [-0.1, -0.05) is 50.2 Å². The van der Waals surface area contributed by atoms with E-state index in [1.54, 1.807) is 29.5 Å². The number of piperidine rings is 1. The molecule has 1 unspecified atom stereocenters. The molecule has 3 atom stereocenters. The topological polar surface area (TPSA) is 224 Å². The normalized spacial score (nSPS) is 18.8. The summed E-state index contributed by atoms with van der Waals surface area (Å²) >= 11 is 1.59. The van der Waals surface area contributed by atoms with Crippen molar-refractivity contribution in [3.05, 3.63) is 83.2 Å². The van der Waals surface area contributed by atoms with Crippen LogP contribution in [-0.4, -0.2) is 149 Å². The van der Waals surface area contributed by atoms with Gasteiger partial charge in [-0.2, -0.15) is 0 Å². The molecule has 0 radical (unpaired) electrons. The summed E-state index contributed by atoms with van der Waals surface area (Å²) in [6.45, 7) is 13.3. The minimum absolute atomic E-state index is 0.0487. The van der Waals surface area contributed by atoms with Crippen molar-refractivity contribution in [3.63, 3.8) is 0 Å². The summed E-state index contributed by atoms with van der Waals surface area (Å²) in [4.78, 5) is 39.1. The maximum Gasteiger partial charge on any atom is 0.254 e. The van der Waals surface area contributed by atoms with Crippen molar-refractivity contribution in [1.82, 2.24) is 35.5 Å². The van der Waals surface area contributed by atoms with Crippen LogP contribution in [0.4, 0.5) is 11.5 Å². The van der Waals surface area contributed by atoms with E-state index in [1.165, 1.54) is 4.90 Å². The van der Waals surface area contributed by atoms with Crippen LogP contribution in [0.2, 0.25) is 0 Å². The summed E-state index contributed by atoms with van der Waals surface area (Å²) in [6, 6.07) is 17.8. The molecule has 2 aromatic carbocycles. The second kappa shape index (κ2) is 23.3. The van der Waals surface area contributed by atoms with Crippen LogP contribution in [-0.2, 0) is 30.3 Å². The van der Waals surface area contributed by atoms with Gasteiger partial charge in [0.2, 0.25) is 11.8 Å². The smallest absolute Gasteiger partial charge is 0.254 e. The zero-order valence-electron chi connectivity index (χ0n) is 39.8. The van der Waals surface area contributed by atoms with Crippen LogP contribution in [0.1, 0.15) is 68.9 Å². The first-order chi connectivity index (χ1) is 33.5. The van der Waals surface area contributed by atoms with Crippen molar-refractivity contribution in [2.24, 2.45) is 5.92 Å². The Morgan fingerprint density at radius 2 is 1.75 bits per heavy atom. The molecule has 3 aliphatic heterocycles. The SMILES string of the molecule is Cc1ncsc1-c1ccc(CNC(=O)C2C[C@@H](O)CN2C(=O)[C@@H](c2cc(OCCOCCOCCCCN3CCOC4(CCN(c5cc(-c6ccccc6O)nnc5N)CC4)C3)no2)C(C)C)cc1. The van der Waals surface area contributed by atoms with E-state index in [9.17, 15) is 19.8 Å². The van der Waals surface area contributed by atoms with E-state index in [1.807, 2.05) is 68.7 Å². The van der Waals surface area contributed by atoms with Gasteiger partial charge in [-0.05, 0) is 79.6 Å². The third-order valence-electron chi connectivity index (χ3n) is 13.2. The number of aromatic nitrogens is 4. The summed E-state index contributed by atoms with van der Waals surface area (Å²) in [6.07, 6.45) is 3.05. The van der Waals surface area contributed by atoms with Gasteiger partial charge in [0.25, 0.3) is 5.88 Å². The Balaban J connectivity index is 0.692. The number of hydrogen-bond acceptors (Lipinski definition) is 17. The van der Waals surface area contributed by atoms with E-state index in [2.05, 4.69) is 35.5 Å². The number of aliphatic hydroxyl groups is 1. The molecule has 3 aliphatic rings. The Bertz CT molecular complexity index is 2460. The van der Waals surface area contributed by atoms with Crippen molar-refractivity contribution in [1.29, 1.82) is 0 Å². The third kappa shape index (κ3) is 12.6. The maximum atomic E-state index is 14.0. The van der Waals surface area contributed by atoms with Crippen molar-refractivity contribution in [3.8, 4) is 33.3 Å². The average molecular weight is 968 g/mol. The number of anilines is 2. The largest absolute Gasteiger partial charge is 0.507 e. The minimum atomic E-state index is -0.822. The highest BCUT2D eigenvalue weighted by molar-refractivity contribution is 7.13. The summed E-state index contributed by atoms with van der Waals surface area (Å²) in [7, 11) is 0. The van der Waals surface area contributed by atoms with E-state index in [0.29, 0.717) is 62.4 Å². The predicted molar refractivity (Wildman–Crippen MR) is 261 cm³/mol. The van der Waals surface area contributed by atoms with Crippen LogP contribution in [0.3, 0.4) is 0 Å². The lowest BCUT2D eigenvalue weighted by molar-refractivity contribution is -0.141. The number of hydrogen-bond donors (Lipinski definition) is 4. The number of amides is 2. The number of thiazole rings is 1. The number of nitrogens with one attached hydrogen (secondary N) is 1. The molecular weight excluding hydrogens is 903 g/mol. The molecular formula is C50H65N9O9S. The number of para-hydroxylation sites is 1. The summed E-state index contributed by atoms with van der Waals surface area (Å²) in [5, 5.41) is 36.4. The number of aromatic hydroxyl groups is 1. The molecule has 3 fully saturated rings. The Morgan fingerprint density at radius 3 is 2.51 bits per heavy atom. The molecule has 69 heavy (non-hydrogen) atoms. The Kier molecular flexibility index (Phi) is 16.8. The number of aryl methyl sites for hydroxylation is 1. The molecule has 5 aromatic rings. The number of nitrogens with zero attached hydrogens (tertiary/aromatic N) is 7. The second-order valence-electron chi connectivity index (χ2n) is 18.5. The number of nitrogen functional groups attached to an aromatic ring is 1. The summed E-state index contributed by atoms with van der Waals surface area (Å²) in [5.41, 5.74) is 12.9. The van der Waals surface area contributed by atoms with Gasteiger partial charge in [0, 0.05) is 63.9 Å². The Labute approximate surface area is 407 Å². The number of unbranched alkanes of at least 4 members (excludes halogenated alkanes) is 1. The number of carbonyl (C=O) groups is 2. The van der Waals surface area contributed by atoms with Crippen LogP contribution in [0, 0.1) is 12.8 Å². The molecule has 2 amide bonds. The highest BCUT2D eigenvalue weighted by Gasteiger charge is 2.44. The minimum Gasteiger partial charge on any atom is -0.507 e. The number of aliphatic hydroxyl groups excluding tert-OH is 1. The van der Waals surface area contributed by atoms with Crippen molar-refractivity contribution in [2.75, 3.05) is 89.5 Å². The highest BCUT2D eigenvalue weighted by Crippen LogP contribution is 2.37. The van der Waals surface area contributed by atoms with Gasteiger partial charge in [0.1, 0.15) is 24.3 Å². The van der Waals surface area contributed by atoms with Gasteiger partial charge >= 0.3 is 0 Å². The van der Waals surface area contributed by atoms with Crippen molar-refractivity contribution < 1.29 is 43.3 Å². The van der Waals surface area contributed by atoms with E-state index >= 15 is 0 Å². The number of ether oxygens (including phenoxy) is 4. The summed E-state index contributed by atoms with van der Waals surface area (Å²) < 4.78 is 29.4. The molecule has 3 aromatic heterocycles. The number of rotatable bonds is 21. The lowest BCUT2D eigenvalue weighted by atomic mass is 9.89. The van der Waals surface area contributed by atoms with Gasteiger partial charge in [0.15, 0.2) is 11.6 Å². The molecule has 19 heteroatoms. The first-order valence-electron chi connectivity index (χ1n) is 24.0. The zero-order chi connectivity index (χ0) is 48.3. The quantitative estimate of drug-likeness (QED) is 0.0673. The Morgan fingerprint density at radius 1 is 0.986 bits per heavy atom. The van der Waals surface area contributed by atoms with Crippen LogP contribution in [0.15, 0.2) is 70.7 Å². The molecule has 0 aliphatic carbocycles. The first-order valence-corrected chi connectivity index (χ1v) is 24.9. The van der Waals surface area contributed by atoms with E-state index in [0.717, 1.165) is 85.8 Å². The fourth-order valence-corrected chi connectivity index (χ4v) is 10.3. The van der Waals surface area contributed by atoms with Gasteiger partial charge in [-0.3, -0.25) is 14.5 Å².